The van der Waals surface area contributed by atoms with Crippen LogP contribution in [0.25, 0.3) is 0 Å². The minimum absolute atomic E-state index is 0.0289. The monoisotopic (exact) mass is 224 g/mol. The maximum Gasteiger partial charge on any atom is 0.217 e. The summed E-state index contributed by atoms with van der Waals surface area (Å²) in [6.07, 6.45) is 3.66. The van der Waals surface area contributed by atoms with E-state index in [0.29, 0.717) is 6.42 Å². The predicted octanol–water partition coefficient (Wildman–Crippen LogP) is 2.09. The Kier molecular flexibility index (Phi) is 3.73. The van der Waals surface area contributed by atoms with Gasteiger partial charge in [-0.2, -0.15) is 0 Å². The zero-order valence-corrected chi connectivity index (χ0v) is 10.4. The molecule has 0 aromatic carbocycles. The molecule has 4 nitrogen and oxygen atoms in total. The Morgan fingerprint density at radius 1 is 1.62 bits per heavy atom. The highest BCUT2D eigenvalue weighted by Gasteiger charge is 2.32. The fraction of sp³-hybridized carbons (Fsp3) is 0.667. The average molecular weight is 224 g/mol. The fourth-order valence-electron chi connectivity index (χ4n) is 2.14. The van der Waals surface area contributed by atoms with Crippen LogP contribution in [0.5, 0.6) is 0 Å². The lowest BCUT2D eigenvalue weighted by molar-refractivity contribution is -0.121. The lowest BCUT2D eigenvalue weighted by atomic mass is 9.76. The Labute approximate surface area is 96.4 Å². The van der Waals surface area contributed by atoms with Gasteiger partial charge in [-0.1, -0.05) is 11.2 Å². The van der Waals surface area contributed by atoms with Crippen LogP contribution in [0.3, 0.4) is 0 Å². The van der Waals surface area contributed by atoms with Crippen molar-refractivity contribution < 1.29 is 10.0 Å². The molecule has 0 aromatic heterocycles. The lowest BCUT2D eigenvalue weighted by Gasteiger charge is -2.36. The van der Waals surface area contributed by atoms with Crippen LogP contribution < -0.4 is 5.32 Å². The van der Waals surface area contributed by atoms with Gasteiger partial charge in [-0.25, -0.2) is 0 Å². The number of rotatable bonds is 2. The second kappa shape index (κ2) is 4.68. The summed E-state index contributed by atoms with van der Waals surface area (Å²) in [5.41, 5.74) is 1.46. The van der Waals surface area contributed by atoms with Crippen molar-refractivity contribution >= 4 is 11.6 Å². The van der Waals surface area contributed by atoms with Crippen molar-refractivity contribution in [1.82, 2.24) is 5.32 Å². The van der Waals surface area contributed by atoms with E-state index in [1.807, 2.05) is 20.8 Å². The molecular weight excluding hydrogens is 204 g/mol. The minimum Gasteiger partial charge on any atom is -0.411 e. The number of nitrogens with zero attached hydrogens (tertiary/aromatic N) is 1. The third-order valence-electron chi connectivity index (χ3n) is 3.24. The summed E-state index contributed by atoms with van der Waals surface area (Å²) in [6, 6.07) is 0. The second-order valence-electron chi connectivity index (χ2n) is 4.97. The molecule has 0 aromatic rings. The first-order valence-electron chi connectivity index (χ1n) is 5.53. The molecule has 0 heterocycles. The predicted molar refractivity (Wildman–Crippen MR) is 63.6 cm³/mol. The van der Waals surface area contributed by atoms with Crippen LogP contribution in [0, 0.1) is 5.92 Å². The first-order chi connectivity index (χ1) is 7.36. The molecule has 1 aliphatic rings. The molecular formula is C12H20N2O2. The number of hydrogen-bond acceptors (Lipinski definition) is 3. The van der Waals surface area contributed by atoms with Gasteiger partial charge in [0.25, 0.3) is 0 Å². The van der Waals surface area contributed by atoms with E-state index in [-0.39, 0.29) is 17.4 Å². The number of amides is 1. The maximum absolute atomic E-state index is 11.1. The van der Waals surface area contributed by atoms with Gasteiger partial charge in [-0.3, -0.25) is 4.79 Å². The molecule has 1 amide bonds. The molecule has 0 radical (unpaired) electrons. The van der Waals surface area contributed by atoms with E-state index >= 15 is 0 Å². The Morgan fingerprint density at radius 3 is 2.75 bits per heavy atom. The maximum atomic E-state index is 11.1. The van der Waals surface area contributed by atoms with Gasteiger partial charge < -0.3 is 10.5 Å². The Balaban J connectivity index is 2.81. The molecule has 0 spiro atoms. The van der Waals surface area contributed by atoms with E-state index in [9.17, 15) is 4.79 Å². The molecule has 0 aliphatic heterocycles. The second-order valence-corrected chi connectivity index (χ2v) is 4.97. The standard InChI is InChI=1S/C12H20N2O2/c1-8-5-6-10(7-11(8)14-16)12(3,4)13-9(2)15/h5,10,16H,6-7H2,1-4H3,(H,13,15)/t10-/m1/s1. The van der Waals surface area contributed by atoms with Gasteiger partial charge in [0, 0.05) is 12.5 Å². The van der Waals surface area contributed by atoms with Crippen molar-refractivity contribution in [3.63, 3.8) is 0 Å². The van der Waals surface area contributed by atoms with Gasteiger partial charge in [-0.15, -0.1) is 0 Å². The molecule has 2 N–H and O–H groups in total. The summed E-state index contributed by atoms with van der Waals surface area (Å²) in [4.78, 5) is 11.1. The highest BCUT2D eigenvalue weighted by Crippen LogP contribution is 2.30. The van der Waals surface area contributed by atoms with Gasteiger partial charge in [-0.05, 0) is 45.1 Å². The molecule has 1 aliphatic carbocycles. The van der Waals surface area contributed by atoms with E-state index in [2.05, 4.69) is 16.5 Å². The zero-order valence-electron chi connectivity index (χ0n) is 10.4. The van der Waals surface area contributed by atoms with Crippen LogP contribution in [0.4, 0.5) is 0 Å². The van der Waals surface area contributed by atoms with Crippen LogP contribution in [0.2, 0.25) is 0 Å². The van der Waals surface area contributed by atoms with Crippen LogP contribution in [0.1, 0.15) is 40.5 Å². The summed E-state index contributed by atoms with van der Waals surface area (Å²) in [7, 11) is 0. The number of carbonyl (C=O) groups excluding carboxylic acids is 1. The quantitative estimate of drug-likeness (QED) is 0.557. The van der Waals surface area contributed by atoms with Gasteiger partial charge >= 0.3 is 0 Å². The highest BCUT2D eigenvalue weighted by atomic mass is 16.4. The van der Waals surface area contributed by atoms with E-state index in [1.165, 1.54) is 6.92 Å². The first-order valence-corrected chi connectivity index (χ1v) is 5.53. The largest absolute Gasteiger partial charge is 0.411 e. The zero-order chi connectivity index (χ0) is 12.3. The smallest absolute Gasteiger partial charge is 0.217 e. The van der Waals surface area contributed by atoms with E-state index in [1.54, 1.807) is 0 Å². The molecule has 0 saturated heterocycles. The van der Waals surface area contributed by atoms with Crippen molar-refractivity contribution in [3.8, 4) is 0 Å². The van der Waals surface area contributed by atoms with Crippen molar-refractivity contribution in [2.24, 2.45) is 11.1 Å². The number of oxime groups is 1. The van der Waals surface area contributed by atoms with E-state index in [0.717, 1.165) is 17.7 Å². The molecule has 4 heteroatoms. The number of allylic oxidation sites excluding steroid dienone is 2. The SMILES string of the molecule is CC(=O)NC(C)(C)[C@@H]1CC=C(C)C(=NO)C1. The Morgan fingerprint density at radius 2 is 2.25 bits per heavy atom. The fourth-order valence-corrected chi connectivity index (χ4v) is 2.14. The number of nitrogens with one attached hydrogen (secondary N) is 1. The van der Waals surface area contributed by atoms with Crippen LogP contribution in [-0.4, -0.2) is 22.4 Å². The Hall–Kier alpha value is -1.32. The highest BCUT2D eigenvalue weighted by molar-refractivity contribution is 6.00. The normalized spacial score (nSPS) is 24.1. The van der Waals surface area contributed by atoms with Gasteiger partial charge in [0.2, 0.25) is 5.91 Å². The molecule has 0 bridgehead atoms. The number of hydrogen-bond donors (Lipinski definition) is 2. The summed E-state index contributed by atoms with van der Waals surface area (Å²) in [5, 5.41) is 15.1. The van der Waals surface area contributed by atoms with Crippen LogP contribution in [0.15, 0.2) is 16.8 Å². The first kappa shape index (κ1) is 12.7. The van der Waals surface area contributed by atoms with Crippen LogP contribution >= 0.6 is 0 Å². The van der Waals surface area contributed by atoms with Gasteiger partial charge in [0.15, 0.2) is 0 Å². The van der Waals surface area contributed by atoms with Crippen molar-refractivity contribution in [1.29, 1.82) is 0 Å². The van der Waals surface area contributed by atoms with Crippen molar-refractivity contribution in [2.75, 3.05) is 0 Å². The third-order valence-corrected chi connectivity index (χ3v) is 3.24. The molecule has 1 rings (SSSR count). The van der Waals surface area contributed by atoms with Gasteiger partial charge in [0.1, 0.15) is 0 Å². The molecule has 0 saturated carbocycles. The average Bonchev–Trinajstić information content (AvgIpc) is 2.16. The number of carbonyl (C=O) groups is 1. The molecule has 90 valence electrons. The summed E-state index contributed by atoms with van der Waals surface area (Å²) >= 11 is 0. The summed E-state index contributed by atoms with van der Waals surface area (Å²) < 4.78 is 0. The van der Waals surface area contributed by atoms with E-state index in [4.69, 9.17) is 5.21 Å². The van der Waals surface area contributed by atoms with Gasteiger partial charge in [0.05, 0.1) is 5.71 Å². The van der Waals surface area contributed by atoms with Crippen molar-refractivity contribution in [3.05, 3.63) is 11.6 Å². The molecule has 0 unspecified atom stereocenters. The minimum atomic E-state index is -0.279. The summed E-state index contributed by atoms with van der Waals surface area (Å²) in [5.74, 6) is 0.241. The Bertz CT molecular complexity index is 343. The lowest BCUT2D eigenvalue weighted by Crippen LogP contribution is -2.49. The third kappa shape index (κ3) is 2.84. The topological polar surface area (TPSA) is 61.7 Å². The van der Waals surface area contributed by atoms with Crippen LogP contribution in [-0.2, 0) is 4.79 Å². The summed E-state index contributed by atoms with van der Waals surface area (Å²) in [6.45, 7) is 7.47. The van der Waals surface area contributed by atoms with E-state index < -0.39 is 0 Å². The molecule has 0 fully saturated rings. The van der Waals surface area contributed by atoms with Crippen molar-refractivity contribution in [2.45, 2.75) is 46.1 Å². The molecule has 16 heavy (non-hydrogen) atoms. The molecule has 1 atom stereocenters.